The molecule has 0 heterocycles. The number of carbonyl (C=O) groups is 1. The van der Waals surface area contributed by atoms with Gasteiger partial charge in [-0.05, 0) is 47.8 Å². The Bertz CT molecular complexity index is 543. The smallest absolute Gasteiger partial charge is 0.317 e. The van der Waals surface area contributed by atoms with Gasteiger partial charge in [-0.15, -0.1) is 0 Å². The van der Waals surface area contributed by atoms with E-state index < -0.39 is 18.3 Å². The molecule has 0 radical (unpaired) electrons. The van der Waals surface area contributed by atoms with E-state index in [-0.39, 0.29) is 10.8 Å². The molecule has 0 amide bonds. The number of ether oxygens (including phenoxy) is 1. The lowest BCUT2D eigenvalue weighted by molar-refractivity contribution is -0.141. The van der Waals surface area contributed by atoms with E-state index >= 15 is 0 Å². The van der Waals surface area contributed by atoms with Crippen LogP contribution in [-0.4, -0.2) is 11.9 Å². The van der Waals surface area contributed by atoms with Crippen LogP contribution in [0.5, 0.6) is 5.75 Å². The van der Waals surface area contributed by atoms with E-state index in [1.807, 2.05) is 12.1 Å². The zero-order valence-electron chi connectivity index (χ0n) is 15.9. The van der Waals surface area contributed by atoms with E-state index in [2.05, 4.69) is 41.5 Å². The number of alkyl halides is 2. The van der Waals surface area contributed by atoms with Crippen molar-refractivity contribution in [3.05, 3.63) is 29.8 Å². The lowest BCUT2D eigenvalue weighted by Crippen LogP contribution is -2.24. The van der Waals surface area contributed by atoms with Crippen LogP contribution in [0.1, 0.15) is 72.8 Å². The number of rotatable bonds is 5. The summed E-state index contributed by atoms with van der Waals surface area (Å²) in [7, 11) is 0. The minimum absolute atomic E-state index is 0.0930. The molecule has 0 fully saturated rings. The van der Waals surface area contributed by atoms with Crippen LogP contribution in [0.2, 0.25) is 0 Å². The molecule has 0 aliphatic heterocycles. The molecule has 0 aliphatic carbocycles. The van der Waals surface area contributed by atoms with E-state index in [4.69, 9.17) is 4.74 Å². The van der Waals surface area contributed by atoms with Crippen molar-refractivity contribution in [2.75, 3.05) is 0 Å². The van der Waals surface area contributed by atoms with Gasteiger partial charge >= 0.3 is 5.97 Å². The third kappa shape index (κ3) is 7.41. The van der Waals surface area contributed by atoms with Gasteiger partial charge in [0.25, 0.3) is 5.92 Å². The van der Waals surface area contributed by atoms with E-state index in [0.717, 1.165) is 12.0 Å². The third-order valence-corrected chi connectivity index (χ3v) is 3.83. The molecule has 0 saturated heterocycles. The number of hydrogen-bond donors (Lipinski definition) is 0. The molecule has 136 valence electrons. The molecule has 1 rings (SSSR count). The van der Waals surface area contributed by atoms with Crippen LogP contribution >= 0.6 is 0 Å². The van der Waals surface area contributed by atoms with Crippen molar-refractivity contribution in [3.8, 4) is 5.75 Å². The maximum atomic E-state index is 12.8. The molecule has 0 aromatic heterocycles. The standard InChI is InChI=1S/C20H30F2O2/c1-18(2,3)12-16(19(4,5)6)14-8-10-15(11-9-14)24-17(23)13-20(7,21)22/h8-11,16H,12-13H2,1-7H3. The van der Waals surface area contributed by atoms with Crippen molar-refractivity contribution < 1.29 is 18.3 Å². The van der Waals surface area contributed by atoms with E-state index in [1.54, 1.807) is 12.1 Å². The largest absolute Gasteiger partial charge is 0.426 e. The predicted molar refractivity (Wildman–Crippen MR) is 93.6 cm³/mol. The van der Waals surface area contributed by atoms with Crippen molar-refractivity contribution in [2.24, 2.45) is 10.8 Å². The Morgan fingerprint density at radius 2 is 1.50 bits per heavy atom. The maximum Gasteiger partial charge on any atom is 0.317 e. The van der Waals surface area contributed by atoms with E-state index in [0.29, 0.717) is 18.6 Å². The second-order valence-electron chi connectivity index (χ2n) is 8.97. The van der Waals surface area contributed by atoms with Gasteiger partial charge in [0.15, 0.2) is 0 Å². The Hall–Kier alpha value is -1.45. The Labute approximate surface area is 144 Å². The van der Waals surface area contributed by atoms with Crippen LogP contribution < -0.4 is 4.74 Å². The molecule has 0 N–H and O–H groups in total. The fourth-order valence-electron chi connectivity index (χ4n) is 2.73. The van der Waals surface area contributed by atoms with Gasteiger partial charge in [0, 0.05) is 0 Å². The summed E-state index contributed by atoms with van der Waals surface area (Å²) < 4.78 is 30.7. The molecular weight excluding hydrogens is 310 g/mol. The highest BCUT2D eigenvalue weighted by Gasteiger charge is 2.30. The van der Waals surface area contributed by atoms with Crippen LogP contribution in [0.4, 0.5) is 8.78 Å². The first kappa shape index (κ1) is 20.6. The molecule has 1 aromatic carbocycles. The number of halogens is 2. The van der Waals surface area contributed by atoms with Gasteiger partial charge in [-0.25, -0.2) is 8.78 Å². The van der Waals surface area contributed by atoms with Crippen molar-refractivity contribution >= 4 is 5.97 Å². The van der Waals surface area contributed by atoms with Crippen LogP contribution in [0.3, 0.4) is 0 Å². The number of hydrogen-bond acceptors (Lipinski definition) is 2. The Balaban J connectivity index is 2.89. The molecule has 0 spiro atoms. The summed E-state index contributed by atoms with van der Waals surface area (Å²) in [6, 6.07) is 7.22. The first-order valence-electron chi connectivity index (χ1n) is 8.36. The SMILES string of the molecule is CC(C)(C)CC(c1ccc(OC(=O)CC(C)(F)F)cc1)C(C)(C)C. The maximum absolute atomic E-state index is 12.8. The normalized spacial score (nSPS) is 14.4. The van der Waals surface area contributed by atoms with Crippen molar-refractivity contribution in [1.82, 2.24) is 0 Å². The van der Waals surface area contributed by atoms with Crippen molar-refractivity contribution in [2.45, 2.75) is 73.1 Å². The number of esters is 1. The van der Waals surface area contributed by atoms with E-state index in [9.17, 15) is 13.6 Å². The molecule has 1 aromatic rings. The average Bonchev–Trinajstić information content (AvgIpc) is 2.32. The third-order valence-electron chi connectivity index (χ3n) is 3.83. The molecule has 1 atom stereocenters. The van der Waals surface area contributed by atoms with Crippen molar-refractivity contribution in [1.29, 1.82) is 0 Å². The molecule has 24 heavy (non-hydrogen) atoms. The number of benzene rings is 1. The van der Waals surface area contributed by atoms with Gasteiger partial charge in [-0.3, -0.25) is 4.79 Å². The first-order chi connectivity index (χ1) is 10.7. The highest BCUT2D eigenvalue weighted by atomic mass is 19.3. The molecule has 0 aliphatic rings. The van der Waals surface area contributed by atoms with Crippen LogP contribution in [0.25, 0.3) is 0 Å². The fraction of sp³-hybridized carbons (Fsp3) is 0.650. The second-order valence-corrected chi connectivity index (χ2v) is 8.97. The monoisotopic (exact) mass is 340 g/mol. The molecule has 1 unspecified atom stereocenters. The summed E-state index contributed by atoms with van der Waals surface area (Å²) in [5.41, 5.74) is 1.45. The van der Waals surface area contributed by atoms with Gasteiger partial charge in [0.05, 0.1) is 0 Å². The second kappa shape index (κ2) is 7.20. The molecule has 0 saturated carbocycles. The van der Waals surface area contributed by atoms with Gasteiger partial charge in [0.2, 0.25) is 0 Å². The van der Waals surface area contributed by atoms with E-state index in [1.165, 1.54) is 0 Å². The zero-order valence-corrected chi connectivity index (χ0v) is 15.9. The summed E-state index contributed by atoms with van der Waals surface area (Å²) in [6.07, 6.45) is 0.112. The Morgan fingerprint density at radius 1 is 1.00 bits per heavy atom. The Morgan fingerprint density at radius 3 is 1.88 bits per heavy atom. The fourth-order valence-corrected chi connectivity index (χ4v) is 2.73. The lowest BCUT2D eigenvalue weighted by Gasteiger charge is -2.36. The molecule has 4 heteroatoms. The quantitative estimate of drug-likeness (QED) is 0.471. The molecule has 0 bridgehead atoms. The summed E-state index contributed by atoms with van der Waals surface area (Å²) in [6.45, 7) is 14.0. The van der Waals surface area contributed by atoms with Gasteiger partial charge in [-0.1, -0.05) is 53.7 Å². The van der Waals surface area contributed by atoms with Crippen LogP contribution in [-0.2, 0) is 4.79 Å². The van der Waals surface area contributed by atoms with Crippen molar-refractivity contribution in [3.63, 3.8) is 0 Å². The van der Waals surface area contributed by atoms with Gasteiger partial charge in [-0.2, -0.15) is 0 Å². The van der Waals surface area contributed by atoms with Crippen LogP contribution in [0, 0.1) is 10.8 Å². The first-order valence-corrected chi connectivity index (χ1v) is 8.36. The predicted octanol–water partition coefficient (Wildman–Crippen LogP) is 6.20. The topological polar surface area (TPSA) is 26.3 Å². The zero-order chi connectivity index (χ0) is 18.8. The minimum atomic E-state index is -3.05. The molecular formula is C20H30F2O2. The molecule has 2 nitrogen and oxygen atoms in total. The summed E-state index contributed by atoms with van der Waals surface area (Å²) >= 11 is 0. The minimum Gasteiger partial charge on any atom is -0.426 e. The van der Waals surface area contributed by atoms with Crippen LogP contribution in [0.15, 0.2) is 24.3 Å². The summed E-state index contributed by atoms with van der Waals surface area (Å²) in [4.78, 5) is 11.5. The highest BCUT2D eigenvalue weighted by Crippen LogP contribution is 2.43. The van der Waals surface area contributed by atoms with Gasteiger partial charge in [0.1, 0.15) is 12.2 Å². The highest BCUT2D eigenvalue weighted by molar-refractivity contribution is 5.73. The average molecular weight is 340 g/mol. The Kier molecular flexibility index (Phi) is 6.18. The lowest BCUT2D eigenvalue weighted by atomic mass is 9.69. The van der Waals surface area contributed by atoms with Gasteiger partial charge < -0.3 is 4.74 Å². The summed E-state index contributed by atoms with van der Waals surface area (Å²) in [5, 5.41) is 0. The number of carbonyl (C=O) groups excluding carboxylic acids is 1. The summed E-state index contributed by atoms with van der Waals surface area (Å²) in [5.74, 6) is -3.32.